The van der Waals surface area contributed by atoms with E-state index in [0.717, 1.165) is 11.3 Å². The lowest BCUT2D eigenvalue weighted by Crippen LogP contribution is -2.42. The van der Waals surface area contributed by atoms with Gasteiger partial charge in [0.15, 0.2) is 0 Å². The van der Waals surface area contributed by atoms with Gasteiger partial charge in [0.05, 0.1) is 7.11 Å². The second-order valence-electron chi connectivity index (χ2n) is 4.80. The minimum absolute atomic E-state index is 0.375. The first-order valence-electron chi connectivity index (χ1n) is 6.48. The summed E-state index contributed by atoms with van der Waals surface area (Å²) in [5.41, 5.74) is 1.53. The summed E-state index contributed by atoms with van der Waals surface area (Å²) in [5, 5.41) is 11.8. The zero-order valence-electron chi connectivity index (χ0n) is 11.5. The first-order valence-corrected chi connectivity index (χ1v) is 6.48. The van der Waals surface area contributed by atoms with Gasteiger partial charge in [-0.1, -0.05) is 0 Å². The predicted octanol–water partition coefficient (Wildman–Crippen LogP) is 2.08. The highest BCUT2D eigenvalue weighted by atomic mass is 16.5. The minimum atomic E-state index is -0.955. The molecular formula is C14H18N2O4. The van der Waals surface area contributed by atoms with E-state index >= 15 is 0 Å². The topological polar surface area (TPSA) is 78.9 Å². The average Bonchev–Trinajstić information content (AvgIpc) is 2.88. The number of carbonyl (C=O) groups is 2. The molecule has 1 fully saturated rings. The van der Waals surface area contributed by atoms with Gasteiger partial charge in [0, 0.05) is 12.2 Å². The zero-order valence-corrected chi connectivity index (χ0v) is 11.5. The number of aliphatic carboxylic acids is 1. The molecule has 20 heavy (non-hydrogen) atoms. The van der Waals surface area contributed by atoms with Gasteiger partial charge in [-0.05, 0) is 43.5 Å². The summed E-state index contributed by atoms with van der Waals surface area (Å²) in [4.78, 5) is 24.5. The van der Waals surface area contributed by atoms with Crippen LogP contribution in [0.2, 0.25) is 0 Å². The van der Waals surface area contributed by atoms with Crippen molar-refractivity contribution in [2.45, 2.75) is 25.8 Å². The van der Waals surface area contributed by atoms with Crippen LogP contribution in [0.3, 0.4) is 0 Å². The molecule has 1 aromatic rings. The average molecular weight is 278 g/mol. The van der Waals surface area contributed by atoms with Gasteiger partial charge in [-0.25, -0.2) is 9.59 Å². The number of benzene rings is 1. The first-order chi connectivity index (χ1) is 9.52. The number of hydrogen-bond acceptors (Lipinski definition) is 3. The van der Waals surface area contributed by atoms with Crippen LogP contribution < -0.4 is 10.1 Å². The van der Waals surface area contributed by atoms with Gasteiger partial charge in [-0.2, -0.15) is 0 Å². The SMILES string of the molecule is COc1ccc(NC(=O)N2CCCC2C(=O)O)cc1C. The highest BCUT2D eigenvalue weighted by molar-refractivity contribution is 5.92. The number of ether oxygens (including phenoxy) is 1. The number of carboxylic acid groups (broad SMARTS) is 1. The Bertz CT molecular complexity index is 530. The van der Waals surface area contributed by atoms with Crippen LogP contribution in [0.5, 0.6) is 5.75 Å². The maximum Gasteiger partial charge on any atom is 0.326 e. The highest BCUT2D eigenvalue weighted by Crippen LogP contribution is 2.23. The van der Waals surface area contributed by atoms with Gasteiger partial charge < -0.3 is 20.1 Å². The molecule has 108 valence electrons. The molecular weight excluding hydrogens is 260 g/mol. The molecule has 0 saturated carbocycles. The van der Waals surface area contributed by atoms with E-state index in [-0.39, 0.29) is 6.03 Å². The molecule has 1 saturated heterocycles. The van der Waals surface area contributed by atoms with Gasteiger partial charge in [0.2, 0.25) is 0 Å². The van der Waals surface area contributed by atoms with Gasteiger partial charge in [-0.3, -0.25) is 0 Å². The smallest absolute Gasteiger partial charge is 0.326 e. The van der Waals surface area contributed by atoms with E-state index in [1.54, 1.807) is 25.3 Å². The van der Waals surface area contributed by atoms with Crippen molar-refractivity contribution in [1.29, 1.82) is 0 Å². The Hall–Kier alpha value is -2.24. The summed E-state index contributed by atoms with van der Waals surface area (Å²) in [6.45, 7) is 2.35. The third-order valence-corrected chi connectivity index (χ3v) is 3.44. The standard InChI is InChI=1S/C14H18N2O4/c1-9-8-10(5-6-12(9)20-2)15-14(19)16-7-3-4-11(16)13(17)18/h5-6,8,11H,3-4,7H2,1-2H3,(H,15,19)(H,17,18). The first kappa shape index (κ1) is 14.2. The van der Waals surface area contributed by atoms with Gasteiger partial charge >= 0.3 is 12.0 Å². The van der Waals surface area contributed by atoms with E-state index in [1.807, 2.05) is 6.92 Å². The number of hydrogen-bond donors (Lipinski definition) is 2. The van der Waals surface area contributed by atoms with Crippen molar-refractivity contribution in [3.63, 3.8) is 0 Å². The molecule has 0 bridgehead atoms. The number of nitrogens with zero attached hydrogens (tertiary/aromatic N) is 1. The summed E-state index contributed by atoms with van der Waals surface area (Å²) < 4.78 is 5.15. The van der Waals surface area contributed by atoms with Crippen LogP contribution in [-0.4, -0.2) is 41.7 Å². The Balaban J connectivity index is 2.08. The van der Waals surface area contributed by atoms with Crippen LogP contribution in [0.25, 0.3) is 0 Å². The molecule has 0 aromatic heterocycles. The fourth-order valence-corrected chi connectivity index (χ4v) is 2.42. The lowest BCUT2D eigenvalue weighted by atomic mass is 10.2. The Morgan fingerprint density at radius 1 is 1.45 bits per heavy atom. The molecule has 6 nitrogen and oxygen atoms in total. The largest absolute Gasteiger partial charge is 0.496 e. The maximum atomic E-state index is 12.1. The number of carboxylic acids is 1. The fraction of sp³-hybridized carbons (Fsp3) is 0.429. The molecule has 2 N–H and O–H groups in total. The molecule has 2 rings (SSSR count). The molecule has 1 aromatic carbocycles. The van der Waals surface area contributed by atoms with E-state index in [9.17, 15) is 9.59 Å². The Kier molecular flexibility index (Phi) is 4.12. The van der Waals surface area contributed by atoms with E-state index in [4.69, 9.17) is 9.84 Å². The van der Waals surface area contributed by atoms with Crippen LogP contribution in [0.1, 0.15) is 18.4 Å². The second kappa shape index (κ2) is 5.81. The quantitative estimate of drug-likeness (QED) is 0.887. The molecule has 1 aliphatic rings. The highest BCUT2D eigenvalue weighted by Gasteiger charge is 2.33. The fourth-order valence-electron chi connectivity index (χ4n) is 2.42. The molecule has 1 heterocycles. The van der Waals surface area contributed by atoms with E-state index in [1.165, 1.54) is 4.90 Å². The number of carbonyl (C=O) groups excluding carboxylic acids is 1. The molecule has 0 radical (unpaired) electrons. The van der Waals surface area contributed by atoms with E-state index in [0.29, 0.717) is 25.1 Å². The number of nitrogens with one attached hydrogen (secondary N) is 1. The third-order valence-electron chi connectivity index (χ3n) is 3.44. The van der Waals surface area contributed by atoms with Crippen molar-refractivity contribution in [1.82, 2.24) is 4.90 Å². The number of amides is 2. The Labute approximate surface area is 117 Å². The van der Waals surface area contributed by atoms with Gasteiger partial charge in [0.25, 0.3) is 0 Å². The van der Waals surface area contributed by atoms with Crippen molar-refractivity contribution in [2.75, 3.05) is 19.0 Å². The second-order valence-corrected chi connectivity index (χ2v) is 4.80. The van der Waals surface area contributed by atoms with Crippen molar-refractivity contribution in [3.05, 3.63) is 23.8 Å². The normalized spacial score (nSPS) is 17.9. The monoisotopic (exact) mass is 278 g/mol. The predicted molar refractivity (Wildman–Crippen MR) is 74.1 cm³/mol. The maximum absolute atomic E-state index is 12.1. The van der Waals surface area contributed by atoms with Crippen LogP contribution >= 0.6 is 0 Å². The van der Waals surface area contributed by atoms with Crippen molar-refractivity contribution in [3.8, 4) is 5.75 Å². The Morgan fingerprint density at radius 3 is 2.80 bits per heavy atom. The Morgan fingerprint density at radius 2 is 2.20 bits per heavy atom. The molecule has 2 amide bonds. The molecule has 1 atom stereocenters. The van der Waals surface area contributed by atoms with Crippen molar-refractivity contribution in [2.24, 2.45) is 0 Å². The summed E-state index contributed by atoms with van der Waals surface area (Å²) in [7, 11) is 1.59. The third kappa shape index (κ3) is 2.84. The number of likely N-dealkylation sites (tertiary alicyclic amines) is 1. The molecule has 6 heteroatoms. The molecule has 1 aliphatic heterocycles. The van der Waals surface area contributed by atoms with Gasteiger partial charge in [0.1, 0.15) is 11.8 Å². The molecule has 0 spiro atoms. The summed E-state index contributed by atoms with van der Waals surface area (Å²) in [6.07, 6.45) is 1.22. The van der Waals surface area contributed by atoms with Gasteiger partial charge in [-0.15, -0.1) is 0 Å². The number of methoxy groups -OCH3 is 1. The number of urea groups is 1. The summed E-state index contributed by atoms with van der Waals surface area (Å²) in [6, 6.07) is 4.19. The van der Waals surface area contributed by atoms with Crippen molar-refractivity contribution < 1.29 is 19.4 Å². The lowest BCUT2D eigenvalue weighted by Gasteiger charge is -2.22. The number of rotatable bonds is 3. The molecule has 1 unspecified atom stereocenters. The minimum Gasteiger partial charge on any atom is -0.496 e. The number of aryl methyl sites for hydroxylation is 1. The lowest BCUT2D eigenvalue weighted by molar-refractivity contribution is -0.141. The molecule has 0 aliphatic carbocycles. The van der Waals surface area contributed by atoms with Crippen molar-refractivity contribution >= 4 is 17.7 Å². The van der Waals surface area contributed by atoms with Crippen LogP contribution in [0.15, 0.2) is 18.2 Å². The summed E-state index contributed by atoms with van der Waals surface area (Å²) in [5.74, 6) is -0.212. The van der Waals surface area contributed by atoms with E-state index < -0.39 is 12.0 Å². The number of anilines is 1. The zero-order chi connectivity index (χ0) is 14.7. The van der Waals surface area contributed by atoms with Crippen LogP contribution in [0, 0.1) is 6.92 Å². The van der Waals surface area contributed by atoms with E-state index in [2.05, 4.69) is 5.32 Å². The van der Waals surface area contributed by atoms with Crippen LogP contribution in [-0.2, 0) is 4.79 Å². The summed E-state index contributed by atoms with van der Waals surface area (Å²) >= 11 is 0. The van der Waals surface area contributed by atoms with Crippen LogP contribution in [0.4, 0.5) is 10.5 Å².